The molecule has 0 atom stereocenters. The second kappa shape index (κ2) is 6.37. The fourth-order valence-electron chi connectivity index (χ4n) is 2.09. The van der Waals surface area contributed by atoms with Gasteiger partial charge in [0.1, 0.15) is 11.3 Å². The van der Waals surface area contributed by atoms with Gasteiger partial charge < -0.3 is 10.2 Å². The molecule has 0 unspecified atom stereocenters. The van der Waals surface area contributed by atoms with E-state index in [1.54, 1.807) is 0 Å². The first-order chi connectivity index (χ1) is 9.49. The van der Waals surface area contributed by atoms with Crippen molar-refractivity contribution in [1.82, 2.24) is 19.6 Å². The number of hydrogen-bond acceptors (Lipinski definition) is 3. The van der Waals surface area contributed by atoms with Crippen LogP contribution in [0, 0.1) is 6.92 Å². The van der Waals surface area contributed by atoms with E-state index < -0.39 is 0 Å². The maximum absolute atomic E-state index is 12.3. The SMILES string of the molecule is Cc1nc2ccc(Br)cn2c1C(=O)NCCCN(C)C. The first-order valence-corrected chi connectivity index (χ1v) is 7.35. The lowest BCUT2D eigenvalue weighted by Crippen LogP contribution is -2.28. The Bertz CT molecular complexity index is 621. The number of pyridine rings is 1. The van der Waals surface area contributed by atoms with Gasteiger partial charge in [-0.3, -0.25) is 9.20 Å². The molecule has 20 heavy (non-hydrogen) atoms. The smallest absolute Gasteiger partial charge is 0.270 e. The highest BCUT2D eigenvalue weighted by Crippen LogP contribution is 2.16. The van der Waals surface area contributed by atoms with Crippen molar-refractivity contribution in [2.24, 2.45) is 0 Å². The Balaban J connectivity index is 2.13. The maximum atomic E-state index is 12.3. The number of carbonyl (C=O) groups is 1. The summed E-state index contributed by atoms with van der Waals surface area (Å²) < 4.78 is 2.74. The molecule has 6 heteroatoms. The molecule has 0 radical (unpaired) electrons. The summed E-state index contributed by atoms with van der Waals surface area (Å²) in [4.78, 5) is 18.8. The van der Waals surface area contributed by atoms with Crippen molar-refractivity contribution in [3.05, 3.63) is 34.2 Å². The Morgan fingerprint density at radius 1 is 1.45 bits per heavy atom. The van der Waals surface area contributed by atoms with Gasteiger partial charge in [0, 0.05) is 17.2 Å². The molecule has 5 nitrogen and oxygen atoms in total. The molecule has 0 fully saturated rings. The Morgan fingerprint density at radius 2 is 2.20 bits per heavy atom. The molecule has 0 saturated carbocycles. The lowest BCUT2D eigenvalue weighted by Gasteiger charge is -2.10. The lowest BCUT2D eigenvalue weighted by atomic mass is 10.3. The molecule has 0 aliphatic heterocycles. The number of fused-ring (bicyclic) bond motifs is 1. The second-order valence-corrected chi connectivity index (χ2v) is 5.95. The fraction of sp³-hybridized carbons (Fsp3) is 0.429. The molecule has 2 rings (SSSR count). The zero-order chi connectivity index (χ0) is 14.7. The average Bonchev–Trinajstić information content (AvgIpc) is 2.69. The highest BCUT2D eigenvalue weighted by Gasteiger charge is 2.16. The summed E-state index contributed by atoms with van der Waals surface area (Å²) in [6, 6.07) is 3.81. The van der Waals surface area contributed by atoms with E-state index in [2.05, 4.69) is 31.1 Å². The summed E-state index contributed by atoms with van der Waals surface area (Å²) in [5.74, 6) is -0.0770. The minimum atomic E-state index is -0.0770. The summed E-state index contributed by atoms with van der Waals surface area (Å²) in [6.45, 7) is 3.48. The van der Waals surface area contributed by atoms with Gasteiger partial charge in [-0.25, -0.2) is 4.98 Å². The van der Waals surface area contributed by atoms with Crippen LogP contribution in [0.4, 0.5) is 0 Å². The Morgan fingerprint density at radius 3 is 2.90 bits per heavy atom. The molecular weight excluding hydrogens is 320 g/mol. The molecule has 2 heterocycles. The topological polar surface area (TPSA) is 49.6 Å². The minimum absolute atomic E-state index is 0.0770. The van der Waals surface area contributed by atoms with Gasteiger partial charge >= 0.3 is 0 Å². The predicted molar refractivity (Wildman–Crippen MR) is 83.1 cm³/mol. The molecule has 0 spiro atoms. The molecule has 0 aliphatic rings. The van der Waals surface area contributed by atoms with Crippen LogP contribution in [-0.4, -0.2) is 47.4 Å². The monoisotopic (exact) mass is 338 g/mol. The van der Waals surface area contributed by atoms with Crippen molar-refractivity contribution in [1.29, 1.82) is 0 Å². The van der Waals surface area contributed by atoms with Crippen LogP contribution in [0.25, 0.3) is 5.65 Å². The number of carbonyl (C=O) groups excluding carboxylic acids is 1. The van der Waals surface area contributed by atoms with Crippen LogP contribution in [-0.2, 0) is 0 Å². The highest BCUT2D eigenvalue weighted by atomic mass is 79.9. The number of rotatable bonds is 5. The van der Waals surface area contributed by atoms with Crippen LogP contribution in [0.3, 0.4) is 0 Å². The zero-order valence-corrected chi connectivity index (χ0v) is 13.6. The summed E-state index contributed by atoms with van der Waals surface area (Å²) in [7, 11) is 4.04. The molecule has 1 N–H and O–H groups in total. The minimum Gasteiger partial charge on any atom is -0.351 e. The van der Waals surface area contributed by atoms with Gasteiger partial charge in [0.2, 0.25) is 0 Å². The van der Waals surface area contributed by atoms with E-state index in [1.165, 1.54) is 0 Å². The zero-order valence-electron chi connectivity index (χ0n) is 12.0. The van der Waals surface area contributed by atoms with Crippen molar-refractivity contribution in [3.63, 3.8) is 0 Å². The highest BCUT2D eigenvalue weighted by molar-refractivity contribution is 9.10. The van der Waals surface area contributed by atoms with E-state index in [1.807, 2.05) is 43.7 Å². The van der Waals surface area contributed by atoms with Gasteiger partial charge in [0.05, 0.1) is 5.69 Å². The van der Waals surface area contributed by atoms with Gasteiger partial charge in [-0.15, -0.1) is 0 Å². The molecule has 2 aromatic heterocycles. The number of nitrogens with zero attached hydrogens (tertiary/aromatic N) is 3. The Labute approximate surface area is 127 Å². The number of hydrogen-bond donors (Lipinski definition) is 1. The van der Waals surface area contributed by atoms with Crippen molar-refractivity contribution < 1.29 is 4.79 Å². The third-order valence-electron chi connectivity index (χ3n) is 3.04. The molecule has 108 valence electrons. The molecule has 0 bridgehead atoms. The number of amides is 1. The van der Waals surface area contributed by atoms with Crippen LogP contribution in [0.15, 0.2) is 22.8 Å². The normalized spacial score (nSPS) is 11.2. The van der Waals surface area contributed by atoms with Crippen molar-refractivity contribution in [2.75, 3.05) is 27.2 Å². The quantitative estimate of drug-likeness (QED) is 0.849. The number of nitrogens with one attached hydrogen (secondary N) is 1. The van der Waals surface area contributed by atoms with Gasteiger partial charge in [0.15, 0.2) is 0 Å². The second-order valence-electron chi connectivity index (χ2n) is 5.03. The standard InChI is InChI=1S/C14H19BrN4O/c1-10-13(14(20)16-7-4-8-18(2)3)19-9-11(15)5-6-12(19)17-10/h5-6,9H,4,7-8H2,1-3H3,(H,16,20). The van der Waals surface area contributed by atoms with Gasteiger partial charge in [0.25, 0.3) is 5.91 Å². The Kier molecular flexibility index (Phi) is 4.77. The lowest BCUT2D eigenvalue weighted by molar-refractivity contribution is 0.0946. The number of aromatic nitrogens is 2. The van der Waals surface area contributed by atoms with Crippen LogP contribution >= 0.6 is 15.9 Å². The van der Waals surface area contributed by atoms with E-state index in [9.17, 15) is 4.79 Å². The summed E-state index contributed by atoms with van der Waals surface area (Å²) >= 11 is 3.42. The van der Waals surface area contributed by atoms with E-state index >= 15 is 0 Å². The van der Waals surface area contributed by atoms with E-state index in [0.717, 1.165) is 28.8 Å². The Hall–Kier alpha value is -1.40. The average molecular weight is 339 g/mol. The summed E-state index contributed by atoms with van der Waals surface area (Å²) in [5, 5.41) is 2.95. The third-order valence-corrected chi connectivity index (χ3v) is 3.51. The fourth-order valence-corrected chi connectivity index (χ4v) is 2.43. The van der Waals surface area contributed by atoms with Crippen molar-refractivity contribution in [3.8, 4) is 0 Å². The summed E-state index contributed by atoms with van der Waals surface area (Å²) in [5.41, 5.74) is 2.13. The van der Waals surface area contributed by atoms with Gasteiger partial charge in [-0.05, 0) is 62.0 Å². The van der Waals surface area contributed by atoms with E-state index in [0.29, 0.717) is 12.2 Å². The first-order valence-electron chi connectivity index (χ1n) is 6.56. The van der Waals surface area contributed by atoms with Gasteiger partial charge in [-0.1, -0.05) is 0 Å². The largest absolute Gasteiger partial charge is 0.351 e. The number of aryl methyl sites for hydroxylation is 1. The van der Waals surface area contributed by atoms with Crippen molar-refractivity contribution >= 4 is 27.5 Å². The van der Waals surface area contributed by atoms with E-state index in [4.69, 9.17) is 0 Å². The molecule has 2 aromatic rings. The predicted octanol–water partition coefficient (Wildman–Crippen LogP) is 2.09. The number of imidazole rings is 1. The molecule has 0 saturated heterocycles. The molecule has 0 aliphatic carbocycles. The van der Waals surface area contributed by atoms with E-state index in [-0.39, 0.29) is 5.91 Å². The van der Waals surface area contributed by atoms with Crippen LogP contribution in [0.2, 0.25) is 0 Å². The first kappa shape index (κ1) is 15.0. The number of halogens is 1. The van der Waals surface area contributed by atoms with Gasteiger partial charge in [-0.2, -0.15) is 0 Å². The van der Waals surface area contributed by atoms with Crippen LogP contribution in [0.1, 0.15) is 22.6 Å². The summed E-state index contributed by atoms with van der Waals surface area (Å²) in [6.07, 6.45) is 2.79. The maximum Gasteiger partial charge on any atom is 0.270 e. The van der Waals surface area contributed by atoms with Crippen molar-refractivity contribution in [2.45, 2.75) is 13.3 Å². The molecule has 1 amide bonds. The van der Waals surface area contributed by atoms with Crippen LogP contribution < -0.4 is 5.32 Å². The van der Waals surface area contributed by atoms with Crippen LogP contribution in [0.5, 0.6) is 0 Å². The molecular formula is C14H19BrN4O. The molecule has 0 aromatic carbocycles. The third kappa shape index (κ3) is 3.37.